The van der Waals surface area contributed by atoms with Crippen LogP contribution in [0, 0.1) is 0 Å². The highest BCUT2D eigenvalue weighted by atomic mass is 16.5. The van der Waals surface area contributed by atoms with Gasteiger partial charge in [-0.25, -0.2) is 4.79 Å². The molecule has 14 heavy (non-hydrogen) atoms. The molecule has 0 atom stereocenters. The maximum absolute atomic E-state index is 10.7. The van der Waals surface area contributed by atoms with Crippen molar-refractivity contribution < 1.29 is 14.6 Å². The average molecular weight is 196 g/mol. The summed E-state index contributed by atoms with van der Waals surface area (Å²) in [5.74, 6) is -0.976. The van der Waals surface area contributed by atoms with E-state index >= 15 is 0 Å². The van der Waals surface area contributed by atoms with Crippen LogP contribution in [0.4, 0.5) is 0 Å². The molecular weight excluding hydrogens is 184 g/mol. The van der Waals surface area contributed by atoms with Crippen LogP contribution in [0.15, 0.2) is 24.2 Å². The molecule has 0 radical (unpaired) electrons. The van der Waals surface area contributed by atoms with Crippen molar-refractivity contribution in [3.05, 3.63) is 29.8 Å². The van der Waals surface area contributed by atoms with Gasteiger partial charge < -0.3 is 9.84 Å². The highest BCUT2D eigenvalue weighted by molar-refractivity contribution is 5.86. The fourth-order valence-electron chi connectivity index (χ4n) is 1.09. The molecular formula is C9H12N2O3. The number of hydrogen-bond acceptors (Lipinski definition) is 3. The van der Waals surface area contributed by atoms with E-state index in [4.69, 9.17) is 5.11 Å². The maximum Gasteiger partial charge on any atom is 0.335 e. The summed E-state index contributed by atoms with van der Waals surface area (Å²) in [6, 6.07) is 0. The van der Waals surface area contributed by atoms with E-state index in [0.29, 0.717) is 6.42 Å². The second kappa shape index (κ2) is 4.45. The van der Waals surface area contributed by atoms with Gasteiger partial charge in [-0.1, -0.05) is 0 Å². The predicted octanol–water partition coefficient (Wildman–Crippen LogP) is 0.577. The summed E-state index contributed by atoms with van der Waals surface area (Å²) in [7, 11) is 3.20. The summed E-state index contributed by atoms with van der Waals surface area (Å²) in [6.45, 7) is 0. The number of carboxylic acid groups (broad SMARTS) is 1. The molecule has 5 nitrogen and oxygen atoms in total. The molecule has 0 spiro atoms. The van der Waals surface area contributed by atoms with Crippen LogP contribution in [0.3, 0.4) is 0 Å². The van der Waals surface area contributed by atoms with Gasteiger partial charge in [0.05, 0.1) is 25.1 Å². The molecule has 1 rings (SSSR count). The highest BCUT2D eigenvalue weighted by Crippen LogP contribution is 2.07. The van der Waals surface area contributed by atoms with Crippen LogP contribution in [0.2, 0.25) is 0 Å². The van der Waals surface area contributed by atoms with Crippen molar-refractivity contribution in [1.29, 1.82) is 0 Å². The van der Waals surface area contributed by atoms with Crippen LogP contribution >= 0.6 is 0 Å². The maximum atomic E-state index is 10.7. The standard InChI is InChI=1S/C9H12N2O3/c1-11-5-7(4-10-11)3-8(6-14-2)9(12)13/h4-6H,3H2,1-2H3,(H,12,13). The second-order valence-corrected chi connectivity index (χ2v) is 2.88. The van der Waals surface area contributed by atoms with Gasteiger partial charge in [0.1, 0.15) is 0 Å². The van der Waals surface area contributed by atoms with E-state index < -0.39 is 5.97 Å². The van der Waals surface area contributed by atoms with E-state index in [0.717, 1.165) is 5.56 Å². The number of carbonyl (C=O) groups is 1. The molecule has 0 unspecified atom stereocenters. The lowest BCUT2D eigenvalue weighted by Crippen LogP contribution is -2.04. The van der Waals surface area contributed by atoms with Crippen molar-refractivity contribution in [2.45, 2.75) is 6.42 Å². The molecule has 1 aromatic heterocycles. The normalized spacial score (nSPS) is 11.4. The van der Waals surface area contributed by atoms with Gasteiger partial charge in [-0.15, -0.1) is 0 Å². The lowest BCUT2D eigenvalue weighted by atomic mass is 10.1. The Hall–Kier alpha value is -1.78. The first kappa shape index (κ1) is 10.3. The van der Waals surface area contributed by atoms with E-state index in [1.54, 1.807) is 24.1 Å². The van der Waals surface area contributed by atoms with Gasteiger partial charge in [-0.2, -0.15) is 5.10 Å². The third kappa shape index (κ3) is 2.62. The van der Waals surface area contributed by atoms with Crippen LogP contribution < -0.4 is 0 Å². The van der Waals surface area contributed by atoms with E-state index in [1.165, 1.54) is 13.4 Å². The number of nitrogens with zero attached hydrogens (tertiary/aromatic N) is 2. The molecule has 0 aliphatic carbocycles. The van der Waals surface area contributed by atoms with Gasteiger partial charge >= 0.3 is 5.97 Å². The first-order valence-corrected chi connectivity index (χ1v) is 4.06. The second-order valence-electron chi connectivity index (χ2n) is 2.88. The molecule has 0 saturated heterocycles. The summed E-state index contributed by atoms with van der Waals surface area (Å²) < 4.78 is 6.30. The topological polar surface area (TPSA) is 64.4 Å². The number of aryl methyl sites for hydroxylation is 1. The number of ether oxygens (including phenoxy) is 1. The molecule has 0 bridgehead atoms. The van der Waals surface area contributed by atoms with Crippen LogP contribution in [0.1, 0.15) is 5.56 Å². The van der Waals surface area contributed by atoms with Crippen LogP contribution in [-0.2, 0) is 23.0 Å². The van der Waals surface area contributed by atoms with E-state index in [1.807, 2.05) is 0 Å². The molecule has 1 N–H and O–H groups in total. The number of aliphatic carboxylic acids is 1. The SMILES string of the molecule is COC=C(Cc1cnn(C)c1)C(=O)O. The quantitative estimate of drug-likeness (QED) is 0.565. The van der Waals surface area contributed by atoms with E-state index in [2.05, 4.69) is 9.84 Å². The summed E-state index contributed by atoms with van der Waals surface area (Å²) in [4.78, 5) is 10.7. The molecule has 0 amide bonds. The number of methoxy groups -OCH3 is 1. The molecule has 0 saturated carbocycles. The van der Waals surface area contributed by atoms with Crippen molar-refractivity contribution in [2.24, 2.45) is 7.05 Å². The number of hydrogen-bond donors (Lipinski definition) is 1. The highest BCUT2D eigenvalue weighted by Gasteiger charge is 2.09. The van der Waals surface area contributed by atoms with Crippen molar-refractivity contribution in [3.8, 4) is 0 Å². The van der Waals surface area contributed by atoms with Crippen molar-refractivity contribution in [1.82, 2.24) is 9.78 Å². The van der Waals surface area contributed by atoms with Gasteiger partial charge in [0.2, 0.25) is 0 Å². The summed E-state index contributed by atoms with van der Waals surface area (Å²) in [6.07, 6.45) is 4.95. The Morgan fingerprint density at radius 1 is 1.79 bits per heavy atom. The zero-order valence-corrected chi connectivity index (χ0v) is 8.10. The molecule has 0 aliphatic rings. The third-order valence-corrected chi connectivity index (χ3v) is 1.69. The van der Waals surface area contributed by atoms with Crippen molar-refractivity contribution in [2.75, 3.05) is 7.11 Å². The molecule has 0 fully saturated rings. The number of aromatic nitrogens is 2. The fraction of sp³-hybridized carbons (Fsp3) is 0.333. The number of carboxylic acids is 1. The summed E-state index contributed by atoms with van der Waals surface area (Å²) in [5.41, 5.74) is 1.05. The first-order chi connectivity index (χ1) is 6.63. The van der Waals surface area contributed by atoms with Crippen LogP contribution in [0.5, 0.6) is 0 Å². The molecule has 1 aromatic rings. The Morgan fingerprint density at radius 3 is 2.93 bits per heavy atom. The average Bonchev–Trinajstić information content (AvgIpc) is 2.50. The van der Waals surface area contributed by atoms with Gasteiger partial charge in [-0.3, -0.25) is 4.68 Å². The van der Waals surface area contributed by atoms with Crippen molar-refractivity contribution in [3.63, 3.8) is 0 Å². The van der Waals surface area contributed by atoms with Gasteiger partial charge in [0, 0.05) is 19.7 Å². The number of rotatable bonds is 4. The van der Waals surface area contributed by atoms with Crippen LogP contribution in [0.25, 0.3) is 0 Å². The largest absolute Gasteiger partial charge is 0.504 e. The minimum absolute atomic E-state index is 0.209. The summed E-state index contributed by atoms with van der Waals surface area (Å²) in [5, 5.41) is 12.7. The Bertz CT molecular complexity index is 355. The van der Waals surface area contributed by atoms with E-state index in [-0.39, 0.29) is 5.57 Å². The fourth-order valence-corrected chi connectivity index (χ4v) is 1.09. The zero-order chi connectivity index (χ0) is 10.6. The molecule has 1 heterocycles. The minimum Gasteiger partial charge on any atom is -0.504 e. The third-order valence-electron chi connectivity index (χ3n) is 1.69. The Labute approximate surface area is 81.6 Å². The minimum atomic E-state index is -0.976. The Kier molecular flexibility index (Phi) is 3.28. The Morgan fingerprint density at radius 2 is 2.50 bits per heavy atom. The van der Waals surface area contributed by atoms with Crippen molar-refractivity contribution >= 4 is 5.97 Å². The van der Waals surface area contributed by atoms with E-state index in [9.17, 15) is 4.79 Å². The van der Waals surface area contributed by atoms with Crippen LogP contribution in [-0.4, -0.2) is 28.0 Å². The van der Waals surface area contributed by atoms with Gasteiger partial charge in [0.15, 0.2) is 0 Å². The lowest BCUT2D eigenvalue weighted by molar-refractivity contribution is -0.132. The molecule has 76 valence electrons. The van der Waals surface area contributed by atoms with Gasteiger partial charge in [-0.05, 0) is 5.56 Å². The molecule has 0 aromatic carbocycles. The first-order valence-electron chi connectivity index (χ1n) is 4.06. The Balaban J connectivity index is 2.75. The zero-order valence-electron chi connectivity index (χ0n) is 8.10. The molecule has 5 heteroatoms. The monoisotopic (exact) mass is 196 g/mol. The predicted molar refractivity (Wildman–Crippen MR) is 49.6 cm³/mol. The molecule has 0 aliphatic heterocycles. The van der Waals surface area contributed by atoms with Gasteiger partial charge in [0.25, 0.3) is 0 Å². The lowest BCUT2D eigenvalue weighted by Gasteiger charge is -1.98. The smallest absolute Gasteiger partial charge is 0.335 e. The summed E-state index contributed by atoms with van der Waals surface area (Å²) >= 11 is 0.